The Balaban J connectivity index is 2.12. The van der Waals surface area contributed by atoms with Crippen molar-refractivity contribution in [2.24, 2.45) is 7.05 Å². The quantitative estimate of drug-likeness (QED) is 0.677. The molecule has 0 unspecified atom stereocenters. The number of halogens is 1. The Morgan fingerprint density at radius 3 is 2.89 bits per heavy atom. The summed E-state index contributed by atoms with van der Waals surface area (Å²) in [6.45, 7) is 1.54. The number of benzene rings is 1. The predicted octanol–water partition coefficient (Wildman–Crippen LogP) is 1.81. The number of ether oxygens (including phenoxy) is 1. The summed E-state index contributed by atoms with van der Waals surface area (Å²) in [6.07, 6.45) is 1.73. The van der Waals surface area contributed by atoms with Gasteiger partial charge in [-0.15, -0.1) is 0 Å². The molecule has 2 rings (SSSR count). The average Bonchev–Trinajstić information content (AvgIpc) is 2.76. The zero-order chi connectivity index (χ0) is 14.0. The summed E-state index contributed by atoms with van der Waals surface area (Å²) in [6, 6.07) is 4.45. The molecular weight excluding hydrogens is 249 g/mol. The summed E-state index contributed by atoms with van der Waals surface area (Å²) in [7, 11) is 1.76. The number of anilines is 1. The first-order chi connectivity index (χ1) is 8.97. The van der Waals surface area contributed by atoms with E-state index < -0.39 is 11.8 Å². The van der Waals surface area contributed by atoms with Gasteiger partial charge in [0.2, 0.25) is 0 Å². The molecule has 0 aliphatic rings. The van der Waals surface area contributed by atoms with Gasteiger partial charge in [-0.05, 0) is 30.7 Å². The molecule has 0 aliphatic carbocycles. The molecule has 19 heavy (non-hydrogen) atoms. The molecule has 2 aromatic rings. The van der Waals surface area contributed by atoms with E-state index in [2.05, 4.69) is 5.10 Å². The van der Waals surface area contributed by atoms with E-state index in [-0.39, 0.29) is 12.2 Å². The van der Waals surface area contributed by atoms with Crippen LogP contribution < -0.4 is 5.73 Å². The molecule has 0 saturated heterocycles. The van der Waals surface area contributed by atoms with Gasteiger partial charge in [-0.3, -0.25) is 4.68 Å². The van der Waals surface area contributed by atoms with E-state index in [4.69, 9.17) is 10.5 Å². The molecule has 1 aromatic heterocycles. The molecule has 0 fully saturated rings. The maximum atomic E-state index is 13.8. The zero-order valence-corrected chi connectivity index (χ0v) is 10.7. The van der Waals surface area contributed by atoms with Gasteiger partial charge in [-0.25, -0.2) is 9.18 Å². The van der Waals surface area contributed by atoms with Crippen molar-refractivity contribution in [2.75, 3.05) is 5.73 Å². The van der Waals surface area contributed by atoms with Crippen LogP contribution in [0.1, 0.15) is 21.6 Å². The Kier molecular flexibility index (Phi) is 3.50. The molecule has 0 bridgehead atoms. The van der Waals surface area contributed by atoms with Gasteiger partial charge in [0, 0.05) is 18.9 Å². The average molecular weight is 263 g/mol. The standard InChI is InChI=1S/C13H14FN3O2/c1-8-5-9(15)6-11(12(8)14)13(18)19-7-10-3-4-17(2)16-10/h3-6H,7,15H2,1-2H3. The summed E-state index contributed by atoms with van der Waals surface area (Å²) < 4.78 is 20.4. The first-order valence-electron chi connectivity index (χ1n) is 5.68. The fourth-order valence-electron chi connectivity index (χ4n) is 1.70. The van der Waals surface area contributed by atoms with Gasteiger partial charge in [-0.1, -0.05) is 0 Å². The highest BCUT2D eigenvalue weighted by molar-refractivity contribution is 5.91. The van der Waals surface area contributed by atoms with Crippen LogP contribution in [0.15, 0.2) is 24.4 Å². The number of esters is 1. The van der Waals surface area contributed by atoms with Crippen molar-refractivity contribution < 1.29 is 13.9 Å². The lowest BCUT2D eigenvalue weighted by Crippen LogP contribution is -2.10. The number of nitrogens with zero attached hydrogens (tertiary/aromatic N) is 2. The molecule has 2 N–H and O–H groups in total. The summed E-state index contributed by atoms with van der Waals surface area (Å²) in [5.74, 6) is -1.36. The maximum Gasteiger partial charge on any atom is 0.341 e. The minimum Gasteiger partial charge on any atom is -0.455 e. The van der Waals surface area contributed by atoms with Crippen LogP contribution in [-0.4, -0.2) is 15.7 Å². The molecule has 0 radical (unpaired) electrons. The fraction of sp³-hybridized carbons (Fsp3) is 0.231. The first kappa shape index (κ1) is 13.1. The minimum atomic E-state index is -0.751. The number of nitrogens with two attached hydrogens (primary N) is 1. The molecular formula is C13H14FN3O2. The van der Waals surface area contributed by atoms with E-state index in [9.17, 15) is 9.18 Å². The van der Waals surface area contributed by atoms with Gasteiger partial charge in [0.05, 0.1) is 11.3 Å². The second-order valence-electron chi connectivity index (χ2n) is 4.26. The fourth-order valence-corrected chi connectivity index (χ4v) is 1.70. The van der Waals surface area contributed by atoms with Crippen molar-refractivity contribution in [3.05, 3.63) is 47.0 Å². The van der Waals surface area contributed by atoms with E-state index in [1.165, 1.54) is 12.1 Å². The highest BCUT2D eigenvalue weighted by atomic mass is 19.1. The summed E-state index contributed by atoms with van der Waals surface area (Å²) >= 11 is 0. The normalized spacial score (nSPS) is 10.5. The number of carbonyl (C=O) groups excluding carboxylic acids is 1. The Bertz CT molecular complexity index is 622. The molecule has 5 nitrogen and oxygen atoms in total. The third-order valence-electron chi connectivity index (χ3n) is 2.62. The molecule has 100 valence electrons. The van der Waals surface area contributed by atoms with E-state index in [0.29, 0.717) is 16.9 Å². The van der Waals surface area contributed by atoms with E-state index >= 15 is 0 Å². The van der Waals surface area contributed by atoms with E-state index in [1.54, 1.807) is 30.9 Å². The number of nitrogen functional groups attached to an aromatic ring is 1. The van der Waals surface area contributed by atoms with Gasteiger partial charge in [0.15, 0.2) is 0 Å². The highest BCUT2D eigenvalue weighted by Crippen LogP contribution is 2.18. The van der Waals surface area contributed by atoms with Crippen LogP contribution in [0.2, 0.25) is 0 Å². The second kappa shape index (κ2) is 5.09. The third kappa shape index (κ3) is 2.90. The van der Waals surface area contributed by atoms with Crippen molar-refractivity contribution in [2.45, 2.75) is 13.5 Å². The molecule has 0 amide bonds. The summed E-state index contributed by atoms with van der Waals surface area (Å²) in [5.41, 5.74) is 6.65. The smallest absolute Gasteiger partial charge is 0.341 e. The van der Waals surface area contributed by atoms with Gasteiger partial charge in [0.1, 0.15) is 12.4 Å². The van der Waals surface area contributed by atoms with Gasteiger partial charge in [0.25, 0.3) is 0 Å². The maximum absolute atomic E-state index is 13.8. The largest absolute Gasteiger partial charge is 0.455 e. The van der Waals surface area contributed by atoms with Crippen molar-refractivity contribution in [1.29, 1.82) is 0 Å². The summed E-state index contributed by atoms with van der Waals surface area (Å²) in [5, 5.41) is 4.05. The Labute approximate surface area is 109 Å². The zero-order valence-electron chi connectivity index (χ0n) is 10.7. The van der Waals surface area contributed by atoms with Gasteiger partial charge < -0.3 is 10.5 Å². The van der Waals surface area contributed by atoms with Crippen LogP contribution in [0.4, 0.5) is 10.1 Å². The minimum absolute atomic E-state index is 0.00698. The lowest BCUT2D eigenvalue weighted by Gasteiger charge is -2.07. The molecule has 6 heteroatoms. The number of hydrogen-bond donors (Lipinski definition) is 1. The predicted molar refractivity (Wildman–Crippen MR) is 67.9 cm³/mol. The van der Waals surface area contributed by atoms with Crippen LogP contribution in [0, 0.1) is 12.7 Å². The molecule has 0 spiro atoms. The monoisotopic (exact) mass is 263 g/mol. The Hall–Kier alpha value is -2.37. The van der Waals surface area contributed by atoms with Crippen molar-refractivity contribution in [3.63, 3.8) is 0 Å². The van der Waals surface area contributed by atoms with E-state index in [1.807, 2.05) is 0 Å². The highest BCUT2D eigenvalue weighted by Gasteiger charge is 2.16. The molecule has 1 heterocycles. The number of rotatable bonds is 3. The Morgan fingerprint density at radius 1 is 1.53 bits per heavy atom. The van der Waals surface area contributed by atoms with Crippen molar-refractivity contribution >= 4 is 11.7 Å². The third-order valence-corrected chi connectivity index (χ3v) is 2.62. The Morgan fingerprint density at radius 2 is 2.26 bits per heavy atom. The lowest BCUT2D eigenvalue weighted by atomic mass is 10.1. The summed E-state index contributed by atoms with van der Waals surface area (Å²) in [4.78, 5) is 11.8. The molecule has 0 atom stereocenters. The van der Waals surface area contributed by atoms with Crippen LogP contribution in [0.5, 0.6) is 0 Å². The number of hydrogen-bond acceptors (Lipinski definition) is 4. The van der Waals surface area contributed by atoms with Crippen molar-refractivity contribution in [1.82, 2.24) is 9.78 Å². The van der Waals surface area contributed by atoms with Gasteiger partial charge >= 0.3 is 5.97 Å². The van der Waals surface area contributed by atoms with Gasteiger partial charge in [-0.2, -0.15) is 5.10 Å². The number of carbonyl (C=O) groups is 1. The molecule has 0 aliphatic heterocycles. The topological polar surface area (TPSA) is 70.1 Å². The molecule has 0 saturated carbocycles. The SMILES string of the molecule is Cc1cc(N)cc(C(=O)OCc2ccn(C)n2)c1F. The number of aromatic nitrogens is 2. The van der Waals surface area contributed by atoms with Crippen LogP contribution >= 0.6 is 0 Å². The second-order valence-corrected chi connectivity index (χ2v) is 4.26. The first-order valence-corrected chi connectivity index (χ1v) is 5.68. The molecule has 1 aromatic carbocycles. The van der Waals surface area contributed by atoms with Crippen LogP contribution in [0.3, 0.4) is 0 Å². The van der Waals surface area contributed by atoms with Crippen molar-refractivity contribution in [3.8, 4) is 0 Å². The van der Waals surface area contributed by atoms with E-state index in [0.717, 1.165) is 0 Å². The lowest BCUT2D eigenvalue weighted by molar-refractivity contribution is 0.0461. The van der Waals surface area contributed by atoms with Crippen LogP contribution in [-0.2, 0) is 18.4 Å². The number of aryl methyl sites for hydroxylation is 2. The van der Waals surface area contributed by atoms with Crippen LogP contribution in [0.25, 0.3) is 0 Å².